The molecule has 6 heteroatoms. The largest absolute Gasteiger partial charge is 0.383 e. The predicted octanol–water partition coefficient (Wildman–Crippen LogP) is 4.09. The highest BCUT2D eigenvalue weighted by Crippen LogP contribution is 2.26. The van der Waals surface area contributed by atoms with Gasteiger partial charge in [0.2, 0.25) is 5.95 Å². The van der Waals surface area contributed by atoms with E-state index in [0.29, 0.717) is 24.1 Å². The van der Waals surface area contributed by atoms with Gasteiger partial charge in [0.05, 0.1) is 12.1 Å². The number of ether oxygens (including phenoxy) is 1. The number of hydrogen-bond donors (Lipinski definition) is 2. The summed E-state index contributed by atoms with van der Waals surface area (Å²) in [6.07, 6.45) is 0. The van der Waals surface area contributed by atoms with Crippen molar-refractivity contribution in [1.29, 1.82) is 0 Å². The molecule has 0 bridgehead atoms. The Labute approximate surface area is 139 Å². The fourth-order valence-electron chi connectivity index (χ4n) is 2.22. The van der Waals surface area contributed by atoms with Crippen molar-refractivity contribution in [2.45, 2.75) is 0 Å². The first-order chi connectivity index (χ1) is 11.3. The van der Waals surface area contributed by atoms with Crippen molar-refractivity contribution in [2.24, 2.45) is 0 Å². The van der Waals surface area contributed by atoms with Crippen LogP contribution in [0.4, 0.5) is 17.5 Å². The molecule has 0 aliphatic rings. The van der Waals surface area contributed by atoms with Crippen LogP contribution in [0, 0.1) is 0 Å². The standard InChI is InChI=1S/C17H17ClN4O/c1-23-10-9-19-17-21-15-8-3-2-7-14(15)16(22-17)20-13-6-4-5-12(18)11-13/h2-8,11H,9-10H2,1H3,(H2,19,20,21,22). The minimum absolute atomic E-state index is 0.560. The van der Waals surface area contributed by atoms with Crippen molar-refractivity contribution in [2.75, 3.05) is 30.9 Å². The molecule has 0 saturated heterocycles. The van der Waals surface area contributed by atoms with Gasteiger partial charge in [-0.25, -0.2) is 4.98 Å². The number of anilines is 3. The van der Waals surface area contributed by atoms with E-state index in [0.717, 1.165) is 22.4 Å². The molecule has 0 aliphatic heterocycles. The molecule has 118 valence electrons. The lowest BCUT2D eigenvalue weighted by atomic mass is 10.2. The molecule has 2 aromatic carbocycles. The normalized spacial score (nSPS) is 10.7. The van der Waals surface area contributed by atoms with E-state index in [1.807, 2.05) is 48.5 Å². The zero-order valence-electron chi connectivity index (χ0n) is 12.7. The Morgan fingerprint density at radius 2 is 1.96 bits per heavy atom. The van der Waals surface area contributed by atoms with Gasteiger partial charge in [0.15, 0.2) is 0 Å². The van der Waals surface area contributed by atoms with Crippen molar-refractivity contribution in [3.05, 3.63) is 53.6 Å². The van der Waals surface area contributed by atoms with Gasteiger partial charge in [-0.15, -0.1) is 0 Å². The molecule has 1 heterocycles. The molecule has 1 aromatic heterocycles. The summed E-state index contributed by atoms with van der Waals surface area (Å²) in [5.74, 6) is 1.29. The Hall–Kier alpha value is -2.37. The maximum Gasteiger partial charge on any atom is 0.225 e. The zero-order chi connectivity index (χ0) is 16.1. The number of benzene rings is 2. The summed E-state index contributed by atoms with van der Waals surface area (Å²) in [4.78, 5) is 9.09. The second-order valence-corrected chi connectivity index (χ2v) is 5.40. The SMILES string of the molecule is COCCNc1nc(Nc2cccc(Cl)c2)c2ccccc2n1. The summed E-state index contributed by atoms with van der Waals surface area (Å²) in [5, 5.41) is 8.10. The molecular weight excluding hydrogens is 312 g/mol. The summed E-state index contributed by atoms with van der Waals surface area (Å²) >= 11 is 6.05. The second-order valence-electron chi connectivity index (χ2n) is 4.97. The molecule has 0 aliphatic carbocycles. The van der Waals surface area contributed by atoms with Gasteiger partial charge in [-0.1, -0.05) is 29.8 Å². The van der Waals surface area contributed by atoms with Gasteiger partial charge in [-0.3, -0.25) is 0 Å². The number of nitrogens with one attached hydrogen (secondary N) is 2. The molecule has 3 rings (SSSR count). The number of methoxy groups -OCH3 is 1. The number of hydrogen-bond acceptors (Lipinski definition) is 5. The van der Waals surface area contributed by atoms with Crippen molar-refractivity contribution in [3.63, 3.8) is 0 Å². The lowest BCUT2D eigenvalue weighted by Gasteiger charge is -2.12. The van der Waals surface area contributed by atoms with Gasteiger partial charge in [0.1, 0.15) is 5.82 Å². The molecule has 3 aromatic rings. The first-order valence-corrected chi connectivity index (χ1v) is 7.66. The van der Waals surface area contributed by atoms with Crippen LogP contribution < -0.4 is 10.6 Å². The first kappa shape index (κ1) is 15.5. The number of aromatic nitrogens is 2. The Morgan fingerprint density at radius 3 is 2.78 bits per heavy atom. The third-order valence-corrected chi connectivity index (χ3v) is 3.51. The summed E-state index contributed by atoms with van der Waals surface area (Å²) in [7, 11) is 1.66. The third kappa shape index (κ3) is 3.88. The molecule has 0 amide bonds. The van der Waals surface area contributed by atoms with Crippen molar-refractivity contribution >= 4 is 40.0 Å². The quantitative estimate of drug-likeness (QED) is 0.667. The molecular formula is C17H17ClN4O. The minimum atomic E-state index is 0.560. The van der Waals surface area contributed by atoms with E-state index in [1.165, 1.54) is 0 Å². The van der Waals surface area contributed by atoms with Gasteiger partial charge in [0, 0.05) is 29.8 Å². The fraction of sp³-hybridized carbons (Fsp3) is 0.176. The van der Waals surface area contributed by atoms with Crippen LogP contribution in [0.3, 0.4) is 0 Å². The Kier molecular flexibility index (Phi) is 4.90. The zero-order valence-corrected chi connectivity index (χ0v) is 13.5. The van der Waals surface area contributed by atoms with Gasteiger partial charge in [-0.2, -0.15) is 4.98 Å². The lowest BCUT2D eigenvalue weighted by molar-refractivity contribution is 0.210. The lowest BCUT2D eigenvalue weighted by Crippen LogP contribution is -2.11. The highest BCUT2D eigenvalue weighted by atomic mass is 35.5. The van der Waals surface area contributed by atoms with Crippen LogP contribution in [-0.2, 0) is 4.74 Å². The average Bonchev–Trinajstić information content (AvgIpc) is 2.55. The molecule has 0 unspecified atom stereocenters. The number of nitrogens with zero attached hydrogens (tertiary/aromatic N) is 2. The monoisotopic (exact) mass is 328 g/mol. The predicted molar refractivity (Wildman–Crippen MR) is 94.6 cm³/mol. The van der Waals surface area contributed by atoms with Crippen molar-refractivity contribution in [3.8, 4) is 0 Å². The van der Waals surface area contributed by atoms with Gasteiger partial charge in [-0.05, 0) is 30.3 Å². The van der Waals surface area contributed by atoms with Crippen LogP contribution in [0.1, 0.15) is 0 Å². The molecule has 0 atom stereocenters. The van der Waals surface area contributed by atoms with Crippen LogP contribution >= 0.6 is 11.6 Å². The number of rotatable bonds is 6. The maximum absolute atomic E-state index is 6.05. The second kappa shape index (κ2) is 7.26. The van der Waals surface area contributed by atoms with E-state index in [1.54, 1.807) is 7.11 Å². The average molecular weight is 329 g/mol. The molecule has 0 radical (unpaired) electrons. The number of halogens is 1. The van der Waals surface area contributed by atoms with E-state index >= 15 is 0 Å². The van der Waals surface area contributed by atoms with Gasteiger partial charge < -0.3 is 15.4 Å². The number of fused-ring (bicyclic) bond motifs is 1. The van der Waals surface area contributed by atoms with Crippen molar-refractivity contribution in [1.82, 2.24) is 9.97 Å². The van der Waals surface area contributed by atoms with Crippen LogP contribution in [-0.4, -0.2) is 30.2 Å². The Balaban J connectivity index is 1.96. The summed E-state index contributed by atoms with van der Waals surface area (Å²) < 4.78 is 5.04. The Bertz CT molecular complexity index is 809. The molecule has 0 saturated carbocycles. The smallest absolute Gasteiger partial charge is 0.225 e. The molecule has 0 spiro atoms. The molecule has 2 N–H and O–H groups in total. The van der Waals surface area contributed by atoms with Crippen LogP contribution in [0.2, 0.25) is 5.02 Å². The maximum atomic E-state index is 6.05. The first-order valence-electron chi connectivity index (χ1n) is 7.28. The molecule has 23 heavy (non-hydrogen) atoms. The highest BCUT2D eigenvalue weighted by molar-refractivity contribution is 6.30. The van der Waals surface area contributed by atoms with E-state index in [9.17, 15) is 0 Å². The number of para-hydroxylation sites is 1. The minimum Gasteiger partial charge on any atom is -0.383 e. The van der Waals surface area contributed by atoms with E-state index in [2.05, 4.69) is 20.6 Å². The van der Waals surface area contributed by atoms with Crippen molar-refractivity contribution < 1.29 is 4.74 Å². The van der Waals surface area contributed by atoms with Crippen LogP contribution in [0.25, 0.3) is 10.9 Å². The van der Waals surface area contributed by atoms with E-state index < -0.39 is 0 Å². The Morgan fingerprint density at radius 1 is 1.09 bits per heavy atom. The third-order valence-electron chi connectivity index (χ3n) is 3.28. The molecule has 0 fully saturated rings. The van der Waals surface area contributed by atoms with Crippen LogP contribution in [0.5, 0.6) is 0 Å². The van der Waals surface area contributed by atoms with Gasteiger partial charge >= 0.3 is 0 Å². The summed E-state index contributed by atoms with van der Waals surface area (Å²) in [6.45, 7) is 1.23. The fourth-order valence-corrected chi connectivity index (χ4v) is 2.41. The van der Waals surface area contributed by atoms with Crippen LogP contribution in [0.15, 0.2) is 48.5 Å². The van der Waals surface area contributed by atoms with E-state index in [-0.39, 0.29) is 0 Å². The highest BCUT2D eigenvalue weighted by Gasteiger charge is 2.08. The topological polar surface area (TPSA) is 59.1 Å². The summed E-state index contributed by atoms with van der Waals surface area (Å²) in [5.41, 5.74) is 1.75. The van der Waals surface area contributed by atoms with E-state index in [4.69, 9.17) is 16.3 Å². The molecule has 5 nitrogen and oxygen atoms in total. The summed E-state index contributed by atoms with van der Waals surface area (Å²) in [6, 6.07) is 15.4. The van der Waals surface area contributed by atoms with Gasteiger partial charge in [0.25, 0.3) is 0 Å².